The molecule has 0 atom stereocenters. The number of carbonyl (C=O) groups is 2. The van der Waals surface area contributed by atoms with E-state index in [9.17, 15) is 9.59 Å². The molecular weight excluding hydrogens is 330 g/mol. The molecule has 2 amide bonds. The molecule has 1 aliphatic heterocycles. The van der Waals surface area contributed by atoms with Gasteiger partial charge in [0.05, 0.1) is 13.2 Å². The van der Waals surface area contributed by atoms with E-state index in [0.717, 1.165) is 30.0 Å². The summed E-state index contributed by atoms with van der Waals surface area (Å²) in [6.45, 7) is 13.6. The van der Waals surface area contributed by atoms with E-state index in [2.05, 4.69) is 30.1 Å². The third-order valence-electron chi connectivity index (χ3n) is 4.99. The van der Waals surface area contributed by atoms with Gasteiger partial charge in [0.25, 0.3) is 0 Å². The number of nitrogens with one attached hydrogen (secondary N) is 1. The van der Waals surface area contributed by atoms with Crippen LogP contribution in [-0.2, 0) is 14.3 Å². The van der Waals surface area contributed by atoms with Crippen molar-refractivity contribution in [3.8, 4) is 0 Å². The molecule has 0 radical (unpaired) electrons. The van der Waals surface area contributed by atoms with E-state index in [1.54, 1.807) is 18.7 Å². The molecule has 0 saturated carbocycles. The number of benzene rings is 1. The summed E-state index contributed by atoms with van der Waals surface area (Å²) >= 11 is 0. The number of carbonyl (C=O) groups excluding carboxylic acids is 2. The lowest BCUT2D eigenvalue weighted by atomic mass is 9.89. The van der Waals surface area contributed by atoms with Crippen LogP contribution in [-0.4, -0.2) is 56.1 Å². The van der Waals surface area contributed by atoms with Crippen molar-refractivity contribution < 1.29 is 14.3 Å². The number of ether oxygens (including phenoxy) is 1. The van der Waals surface area contributed by atoms with Gasteiger partial charge < -0.3 is 19.9 Å². The highest BCUT2D eigenvalue weighted by atomic mass is 16.5. The highest BCUT2D eigenvalue weighted by molar-refractivity contribution is 6.10. The molecule has 1 saturated heterocycles. The van der Waals surface area contributed by atoms with Gasteiger partial charge in [-0.05, 0) is 58.4 Å². The number of amides is 2. The van der Waals surface area contributed by atoms with Gasteiger partial charge in [0.15, 0.2) is 0 Å². The van der Waals surface area contributed by atoms with Crippen LogP contribution in [0.1, 0.15) is 33.3 Å². The predicted octanol–water partition coefficient (Wildman–Crippen LogP) is 2.66. The van der Waals surface area contributed by atoms with Crippen molar-refractivity contribution in [3.05, 3.63) is 23.8 Å². The highest BCUT2D eigenvalue weighted by Crippen LogP contribution is 2.26. The van der Waals surface area contributed by atoms with Gasteiger partial charge in [-0.1, -0.05) is 0 Å². The van der Waals surface area contributed by atoms with Crippen LogP contribution in [0.5, 0.6) is 0 Å². The second-order valence-corrected chi connectivity index (χ2v) is 7.16. The quantitative estimate of drug-likeness (QED) is 0.792. The van der Waals surface area contributed by atoms with Crippen LogP contribution in [0.2, 0.25) is 0 Å². The second kappa shape index (κ2) is 8.54. The van der Waals surface area contributed by atoms with Crippen molar-refractivity contribution in [1.82, 2.24) is 4.90 Å². The van der Waals surface area contributed by atoms with Gasteiger partial charge in [-0.2, -0.15) is 0 Å². The third kappa shape index (κ3) is 4.36. The molecule has 1 N–H and O–H groups in total. The van der Waals surface area contributed by atoms with Gasteiger partial charge in [0.1, 0.15) is 5.41 Å². The van der Waals surface area contributed by atoms with Gasteiger partial charge in [-0.25, -0.2) is 0 Å². The van der Waals surface area contributed by atoms with Crippen molar-refractivity contribution in [1.29, 1.82) is 0 Å². The Balaban J connectivity index is 2.11. The molecule has 144 valence electrons. The Morgan fingerprint density at radius 3 is 2.35 bits per heavy atom. The Hall–Kier alpha value is -2.08. The maximum atomic E-state index is 12.8. The van der Waals surface area contributed by atoms with Crippen LogP contribution in [0, 0.1) is 12.3 Å². The topological polar surface area (TPSA) is 61.9 Å². The van der Waals surface area contributed by atoms with Crippen molar-refractivity contribution in [2.24, 2.45) is 5.41 Å². The summed E-state index contributed by atoms with van der Waals surface area (Å²) in [6.07, 6.45) is 0. The Kier molecular flexibility index (Phi) is 6.64. The molecular formula is C20H31N3O3. The standard InChI is InChI=1S/C20H31N3O3/c1-6-22(7-2)16-8-9-17(15(3)14-16)21-18(24)20(4,5)19(25)23-10-12-26-13-11-23/h8-9,14H,6-7,10-13H2,1-5H3,(H,21,24). The van der Waals surface area contributed by atoms with Crippen molar-refractivity contribution in [2.45, 2.75) is 34.6 Å². The van der Waals surface area contributed by atoms with Gasteiger partial charge in [-0.3, -0.25) is 9.59 Å². The zero-order valence-electron chi connectivity index (χ0n) is 16.6. The number of nitrogens with zero attached hydrogens (tertiary/aromatic N) is 2. The fourth-order valence-electron chi connectivity index (χ4n) is 3.11. The fraction of sp³-hybridized carbons (Fsp3) is 0.600. The van der Waals surface area contributed by atoms with Crippen LogP contribution < -0.4 is 10.2 Å². The number of rotatable bonds is 6. The molecule has 1 aromatic rings. The van der Waals surface area contributed by atoms with Crippen LogP contribution >= 0.6 is 0 Å². The first kappa shape index (κ1) is 20.2. The number of anilines is 2. The van der Waals surface area contributed by atoms with E-state index < -0.39 is 5.41 Å². The van der Waals surface area contributed by atoms with Crippen molar-refractivity contribution >= 4 is 23.2 Å². The SMILES string of the molecule is CCN(CC)c1ccc(NC(=O)C(C)(C)C(=O)N2CCOCC2)c(C)c1. The molecule has 1 aliphatic rings. The molecule has 0 aliphatic carbocycles. The average Bonchev–Trinajstić information content (AvgIpc) is 2.64. The number of aryl methyl sites for hydroxylation is 1. The van der Waals surface area contributed by atoms with E-state index in [-0.39, 0.29) is 11.8 Å². The minimum atomic E-state index is -1.12. The summed E-state index contributed by atoms with van der Waals surface area (Å²) < 4.78 is 5.28. The molecule has 0 aromatic heterocycles. The lowest BCUT2D eigenvalue weighted by molar-refractivity contribution is -0.149. The maximum Gasteiger partial charge on any atom is 0.239 e. The number of hydrogen-bond donors (Lipinski definition) is 1. The summed E-state index contributed by atoms with van der Waals surface area (Å²) in [5.74, 6) is -0.441. The van der Waals surface area contributed by atoms with E-state index in [4.69, 9.17) is 4.74 Å². The third-order valence-corrected chi connectivity index (χ3v) is 4.99. The largest absolute Gasteiger partial charge is 0.378 e. The van der Waals surface area contributed by atoms with Crippen molar-refractivity contribution in [2.75, 3.05) is 49.6 Å². The summed E-state index contributed by atoms with van der Waals surface area (Å²) in [5, 5.41) is 2.94. The molecule has 6 nitrogen and oxygen atoms in total. The average molecular weight is 361 g/mol. The minimum absolute atomic E-state index is 0.157. The smallest absolute Gasteiger partial charge is 0.239 e. The van der Waals surface area contributed by atoms with Gasteiger partial charge in [0.2, 0.25) is 11.8 Å². The molecule has 26 heavy (non-hydrogen) atoms. The number of morpholine rings is 1. The van der Waals surface area contributed by atoms with Gasteiger partial charge in [-0.15, -0.1) is 0 Å². The molecule has 0 bridgehead atoms. The van der Waals surface area contributed by atoms with E-state index in [1.807, 2.05) is 19.1 Å². The molecule has 0 spiro atoms. The van der Waals surface area contributed by atoms with Crippen LogP contribution in [0.3, 0.4) is 0 Å². The number of hydrogen-bond acceptors (Lipinski definition) is 4. The predicted molar refractivity (Wildman–Crippen MR) is 105 cm³/mol. The summed E-state index contributed by atoms with van der Waals surface area (Å²) in [5.41, 5.74) is 1.74. The Bertz CT molecular complexity index is 648. The van der Waals surface area contributed by atoms with Crippen LogP contribution in [0.4, 0.5) is 11.4 Å². The van der Waals surface area contributed by atoms with Crippen LogP contribution in [0.25, 0.3) is 0 Å². The Morgan fingerprint density at radius 1 is 1.19 bits per heavy atom. The summed E-state index contributed by atoms with van der Waals surface area (Å²) in [6, 6.07) is 5.99. The molecule has 1 aromatic carbocycles. The second-order valence-electron chi connectivity index (χ2n) is 7.16. The van der Waals surface area contributed by atoms with Crippen molar-refractivity contribution in [3.63, 3.8) is 0 Å². The van der Waals surface area contributed by atoms with Gasteiger partial charge >= 0.3 is 0 Å². The van der Waals surface area contributed by atoms with E-state index in [1.165, 1.54) is 0 Å². The van der Waals surface area contributed by atoms with E-state index in [0.29, 0.717) is 26.3 Å². The first-order chi connectivity index (χ1) is 12.3. The first-order valence-electron chi connectivity index (χ1n) is 9.35. The Labute approximate surface area is 156 Å². The zero-order chi connectivity index (χ0) is 19.3. The monoisotopic (exact) mass is 361 g/mol. The molecule has 0 unspecified atom stereocenters. The lowest BCUT2D eigenvalue weighted by Crippen LogP contribution is -2.51. The summed E-state index contributed by atoms with van der Waals surface area (Å²) in [7, 11) is 0. The minimum Gasteiger partial charge on any atom is -0.378 e. The molecule has 1 heterocycles. The van der Waals surface area contributed by atoms with Gasteiger partial charge in [0, 0.05) is 37.6 Å². The fourth-order valence-corrected chi connectivity index (χ4v) is 3.11. The molecule has 1 fully saturated rings. The maximum absolute atomic E-state index is 12.8. The molecule has 6 heteroatoms. The Morgan fingerprint density at radius 2 is 1.81 bits per heavy atom. The summed E-state index contributed by atoms with van der Waals surface area (Å²) in [4.78, 5) is 29.5. The van der Waals surface area contributed by atoms with E-state index >= 15 is 0 Å². The zero-order valence-corrected chi connectivity index (χ0v) is 16.6. The normalized spacial score (nSPS) is 14.9. The van der Waals surface area contributed by atoms with Crippen LogP contribution in [0.15, 0.2) is 18.2 Å². The highest BCUT2D eigenvalue weighted by Gasteiger charge is 2.39. The lowest BCUT2D eigenvalue weighted by Gasteiger charge is -2.33. The first-order valence-corrected chi connectivity index (χ1v) is 9.35. The molecule has 2 rings (SSSR count).